The zero-order chi connectivity index (χ0) is 24.9. The van der Waals surface area contributed by atoms with Gasteiger partial charge in [0.2, 0.25) is 11.9 Å². The molecule has 0 bridgehead atoms. The number of para-hydroxylation sites is 1. The highest BCUT2D eigenvalue weighted by Gasteiger charge is 2.18. The van der Waals surface area contributed by atoms with E-state index in [1.54, 1.807) is 0 Å². The minimum Gasteiger partial charge on any atom is -0.490 e. The number of amides is 1. The minimum absolute atomic E-state index is 0.248. The van der Waals surface area contributed by atoms with E-state index in [0.29, 0.717) is 11.6 Å². The molecule has 4 aromatic rings. The third kappa shape index (κ3) is 5.53. The van der Waals surface area contributed by atoms with Crippen molar-refractivity contribution in [1.29, 1.82) is 0 Å². The quantitative estimate of drug-likeness (QED) is 0.334. The van der Waals surface area contributed by atoms with Crippen LogP contribution >= 0.6 is 0 Å². The van der Waals surface area contributed by atoms with Crippen LogP contribution in [0.25, 0.3) is 22.0 Å². The van der Waals surface area contributed by atoms with Crippen LogP contribution in [-0.2, 0) is 4.79 Å². The number of likely N-dealkylation sites (tertiary alicyclic amines) is 1. The summed E-state index contributed by atoms with van der Waals surface area (Å²) in [7, 11) is 2.15. The number of nitrogens with one attached hydrogen (secondary N) is 2. The molecule has 0 saturated carbocycles. The van der Waals surface area contributed by atoms with Gasteiger partial charge in [-0.2, -0.15) is 0 Å². The van der Waals surface area contributed by atoms with Gasteiger partial charge in [-0.05, 0) is 67.9 Å². The molecule has 0 radical (unpaired) electrons. The molecule has 0 atom stereocenters. The number of aromatic nitrogens is 2. The van der Waals surface area contributed by atoms with E-state index in [4.69, 9.17) is 9.72 Å². The molecule has 0 spiro atoms. The predicted octanol–water partition coefficient (Wildman–Crippen LogP) is 5.64. The first-order chi connectivity index (χ1) is 17.6. The van der Waals surface area contributed by atoms with Crippen LogP contribution in [0.1, 0.15) is 12.8 Å². The maximum absolute atomic E-state index is 11.7. The number of hydrogen-bond acceptors (Lipinski definition) is 6. The van der Waals surface area contributed by atoms with Crippen LogP contribution in [0.3, 0.4) is 0 Å². The van der Waals surface area contributed by atoms with Crippen molar-refractivity contribution in [2.75, 3.05) is 30.8 Å². The van der Waals surface area contributed by atoms with Crippen LogP contribution in [-0.4, -0.2) is 47.0 Å². The number of ether oxygens (including phenoxy) is 1. The third-order valence-corrected chi connectivity index (χ3v) is 6.32. The maximum Gasteiger partial charge on any atom is 0.247 e. The molecule has 1 fully saturated rings. The van der Waals surface area contributed by atoms with Gasteiger partial charge >= 0.3 is 0 Å². The Bertz CT molecular complexity index is 1380. The molecular formula is C29H29N5O2. The number of carbonyl (C=O) groups is 1. The van der Waals surface area contributed by atoms with E-state index in [1.807, 2.05) is 72.9 Å². The lowest BCUT2D eigenvalue weighted by Crippen LogP contribution is -2.35. The summed E-state index contributed by atoms with van der Waals surface area (Å²) in [4.78, 5) is 23.4. The summed E-state index contributed by atoms with van der Waals surface area (Å²) in [6.45, 7) is 5.65. The highest BCUT2D eigenvalue weighted by molar-refractivity contribution is 6.00. The largest absolute Gasteiger partial charge is 0.490 e. The van der Waals surface area contributed by atoms with E-state index in [9.17, 15) is 4.79 Å². The molecule has 5 rings (SSSR count). The Morgan fingerprint density at radius 1 is 1.06 bits per heavy atom. The smallest absolute Gasteiger partial charge is 0.247 e. The molecule has 3 aromatic carbocycles. The Labute approximate surface area is 210 Å². The number of piperidine rings is 1. The van der Waals surface area contributed by atoms with E-state index in [0.717, 1.165) is 59.4 Å². The second-order valence-corrected chi connectivity index (χ2v) is 8.98. The van der Waals surface area contributed by atoms with Crippen LogP contribution in [0.2, 0.25) is 0 Å². The van der Waals surface area contributed by atoms with Gasteiger partial charge < -0.3 is 20.3 Å². The van der Waals surface area contributed by atoms with E-state index >= 15 is 0 Å². The minimum atomic E-state index is -0.248. The summed E-state index contributed by atoms with van der Waals surface area (Å²) >= 11 is 0. The van der Waals surface area contributed by atoms with E-state index in [-0.39, 0.29) is 12.0 Å². The molecule has 7 heteroatoms. The van der Waals surface area contributed by atoms with Crippen molar-refractivity contribution in [2.24, 2.45) is 0 Å². The first kappa shape index (κ1) is 23.5. The van der Waals surface area contributed by atoms with Crippen LogP contribution in [0.15, 0.2) is 85.6 Å². The Hall–Kier alpha value is -4.23. The fraction of sp³-hybridized carbons (Fsp3) is 0.207. The number of hydrogen-bond donors (Lipinski definition) is 2. The second kappa shape index (κ2) is 10.6. The van der Waals surface area contributed by atoms with E-state index < -0.39 is 0 Å². The van der Waals surface area contributed by atoms with Crippen molar-refractivity contribution in [1.82, 2.24) is 14.9 Å². The summed E-state index contributed by atoms with van der Waals surface area (Å²) in [5, 5.41) is 7.05. The van der Waals surface area contributed by atoms with E-state index in [2.05, 4.69) is 34.1 Å². The van der Waals surface area contributed by atoms with Gasteiger partial charge in [-0.25, -0.2) is 9.97 Å². The van der Waals surface area contributed by atoms with Gasteiger partial charge in [-0.1, -0.05) is 36.9 Å². The summed E-state index contributed by atoms with van der Waals surface area (Å²) in [5.74, 6) is 1.14. The lowest BCUT2D eigenvalue weighted by Gasteiger charge is -2.29. The van der Waals surface area contributed by atoms with Gasteiger partial charge in [-0.3, -0.25) is 4.79 Å². The molecule has 36 heavy (non-hydrogen) atoms. The first-order valence-corrected chi connectivity index (χ1v) is 12.1. The number of anilines is 3. The summed E-state index contributed by atoms with van der Waals surface area (Å²) in [6, 6.07) is 21.6. The van der Waals surface area contributed by atoms with Crippen LogP contribution in [0, 0.1) is 0 Å². The SMILES string of the molecule is C=CC(=O)Nc1cccc(-c2cccc3cnc(Nc4ccc(OC5CCN(C)CC5)cc4)nc23)c1. The molecular weight excluding hydrogens is 450 g/mol. The topological polar surface area (TPSA) is 79.4 Å². The van der Waals surface area contributed by atoms with Crippen LogP contribution in [0.5, 0.6) is 5.75 Å². The van der Waals surface area contributed by atoms with Crippen molar-refractivity contribution < 1.29 is 9.53 Å². The fourth-order valence-electron chi connectivity index (χ4n) is 4.35. The highest BCUT2D eigenvalue weighted by atomic mass is 16.5. The molecule has 2 N–H and O–H groups in total. The lowest BCUT2D eigenvalue weighted by molar-refractivity contribution is -0.111. The molecule has 1 saturated heterocycles. The van der Waals surface area contributed by atoms with Crippen molar-refractivity contribution in [3.63, 3.8) is 0 Å². The Balaban J connectivity index is 1.35. The van der Waals surface area contributed by atoms with Crippen molar-refractivity contribution >= 4 is 34.1 Å². The molecule has 1 aliphatic heterocycles. The Morgan fingerprint density at radius 2 is 1.83 bits per heavy atom. The Kier molecular flexibility index (Phi) is 6.91. The molecule has 1 aliphatic rings. The van der Waals surface area contributed by atoms with Crippen molar-refractivity contribution in [2.45, 2.75) is 18.9 Å². The van der Waals surface area contributed by atoms with E-state index in [1.165, 1.54) is 6.08 Å². The average molecular weight is 480 g/mol. The van der Waals surface area contributed by atoms with Gasteiger partial charge in [0.05, 0.1) is 5.52 Å². The molecule has 0 unspecified atom stereocenters. The zero-order valence-corrected chi connectivity index (χ0v) is 20.3. The number of rotatable bonds is 7. The molecule has 2 heterocycles. The van der Waals surface area contributed by atoms with Crippen LogP contribution in [0.4, 0.5) is 17.3 Å². The highest BCUT2D eigenvalue weighted by Crippen LogP contribution is 2.30. The van der Waals surface area contributed by atoms with Crippen LogP contribution < -0.4 is 15.4 Å². The number of carbonyl (C=O) groups excluding carboxylic acids is 1. The van der Waals surface area contributed by atoms with Gasteiger partial charge in [0, 0.05) is 41.6 Å². The maximum atomic E-state index is 11.7. The summed E-state index contributed by atoms with van der Waals surface area (Å²) in [6.07, 6.45) is 5.43. The molecule has 1 aromatic heterocycles. The molecule has 0 aliphatic carbocycles. The summed E-state index contributed by atoms with van der Waals surface area (Å²) < 4.78 is 6.15. The van der Waals surface area contributed by atoms with Gasteiger partial charge in [-0.15, -0.1) is 0 Å². The molecule has 182 valence electrons. The first-order valence-electron chi connectivity index (χ1n) is 12.1. The standard InChI is InChI=1S/C29H29N5O2/c1-3-27(35)31-23-8-4-6-20(18-23)26-9-5-7-21-19-30-29(33-28(21)26)32-22-10-12-24(13-11-22)36-25-14-16-34(2)17-15-25/h3-13,18-19,25H,1,14-17H2,2H3,(H,31,35)(H,30,32,33). The normalized spacial score (nSPS) is 14.4. The number of nitrogens with zero attached hydrogens (tertiary/aromatic N) is 3. The monoisotopic (exact) mass is 479 g/mol. The van der Waals surface area contributed by atoms with Gasteiger partial charge in [0.15, 0.2) is 0 Å². The number of fused-ring (bicyclic) bond motifs is 1. The Morgan fingerprint density at radius 3 is 2.61 bits per heavy atom. The van der Waals surface area contributed by atoms with Crippen molar-refractivity contribution in [3.8, 4) is 16.9 Å². The zero-order valence-electron chi connectivity index (χ0n) is 20.3. The number of benzene rings is 3. The average Bonchev–Trinajstić information content (AvgIpc) is 2.91. The lowest BCUT2D eigenvalue weighted by atomic mass is 10.0. The predicted molar refractivity (Wildman–Crippen MR) is 145 cm³/mol. The van der Waals surface area contributed by atoms with Gasteiger partial charge in [0.1, 0.15) is 11.9 Å². The summed E-state index contributed by atoms with van der Waals surface area (Å²) in [5.41, 5.74) is 4.31. The fourth-order valence-corrected chi connectivity index (χ4v) is 4.35. The molecule has 1 amide bonds. The molecule has 7 nitrogen and oxygen atoms in total. The van der Waals surface area contributed by atoms with Crippen molar-refractivity contribution in [3.05, 3.63) is 85.6 Å². The second-order valence-electron chi connectivity index (χ2n) is 8.98. The third-order valence-electron chi connectivity index (χ3n) is 6.32. The van der Waals surface area contributed by atoms with Gasteiger partial charge in [0.25, 0.3) is 0 Å².